The molecule has 1 aliphatic heterocycles. The van der Waals surface area contributed by atoms with Gasteiger partial charge in [0.2, 0.25) is 5.95 Å². The van der Waals surface area contributed by atoms with E-state index in [9.17, 15) is 9.59 Å². The molecule has 0 saturated carbocycles. The van der Waals surface area contributed by atoms with Gasteiger partial charge in [0, 0.05) is 37.1 Å². The molecule has 0 bridgehead atoms. The van der Waals surface area contributed by atoms with E-state index in [1.165, 1.54) is 12.4 Å². The average Bonchev–Trinajstić information content (AvgIpc) is 2.96. The molecule has 3 aromatic rings. The molecule has 10 heteroatoms. The molecular formula is C27H29N5O5. The molecule has 1 aromatic heterocycles. The number of ether oxygens (including phenoxy) is 2. The summed E-state index contributed by atoms with van der Waals surface area (Å²) >= 11 is 0. The van der Waals surface area contributed by atoms with Crippen LogP contribution in [0, 0.1) is 0 Å². The fourth-order valence-electron chi connectivity index (χ4n) is 4.15. The van der Waals surface area contributed by atoms with Crippen molar-refractivity contribution >= 4 is 29.4 Å². The van der Waals surface area contributed by atoms with E-state index in [0.717, 1.165) is 11.1 Å². The Bertz CT molecular complexity index is 1260. The highest BCUT2D eigenvalue weighted by atomic mass is 16.5. The Morgan fingerprint density at radius 1 is 0.973 bits per heavy atom. The van der Waals surface area contributed by atoms with E-state index in [1.807, 2.05) is 47.4 Å². The van der Waals surface area contributed by atoms with Crippen molar-refractivity contribution in [2.75, 3.05) is 32.2 Å². The van der Waals surface area contributed by atoms with Crippen LogP contribution in [0.1, 0.15) is 34.3 Å². The zero-order valence-corrected chi connectivity index (χ0v) is 20.7. The maximum atomic E-state index is 13.5. The van der Waals surface area contributed by atoms with Crippen LogP contribution in [0.25, 0.3) is 11.6 Å². The lowest BCUT2D eigenvalue weighted by Gasteiger charge is -2.32. The molecule has 10 nitrogen and oxygen atoms in total. The topological polar surface area (TPSA) is 126 Å². The van der Waals surface area contributed by atoms with Gasteiger partial charge in [-0.15, -0.1) is 0 Å². The number of amides is 2. The zero-order valence-electron chi connectivity index (χ0n) is 20.7. The van der Waals surface area contributed by atoms with Crippen LogP contribution in [0.5, 0.6) is 11.5 Å². The van der Waals surface area contributed by atoms with Crippen LogP contribution in [-0.4, -0.2) is 60.3 Å². The number of benzene rings is 2. The summed E-state index contributed by atoms with van der Waals surface area (Å²) in [5.41, 5.74) is 3.88. The van der Waals surface area contributed by atoms with Gasteiger partial charge < -0.3 is 19.7 Å². The van der Waals surface area contributed by atoms with Crippen LogP contribution < -0.4 is 25.2 Å². The van der Waals surface area contributed by atoms with E-state index < -0.39 is 5.91 Å². The van der Waals surface area contributed by atoms with Gasteiger partial charge in [-0.1, -0.05) is 36.4 Å². The van der Waals surface area contributed by atoms with Crippen molar-refractivity contribution in [3.05, 3.63) is 77.6 Å². The lowest BCUT2D eigenvalue weighted by Crippen LogP contribution is -2.45. The van der Waals surface area contributed by atoms with Crippen LogP contribution in [0.2, 0.25) is 0 Å². The van der Waals surface area contributed by atoms with E-state index in [2.05, 4.69) is 15.3 Å². The maximum absolute atomic E-state index is 13.5. The van der Waals surface area contributed by atoms with Crippen molar-refractivity contribution in [2.24, 2.45) is 0 Å². The molecule has 1 saturated heterocycles. The standard InChI is InChI=1S/C27H29N5O5/c1-36-23-9-8-19(15-24(23)37-2)22(14-18-6-4-3-5-7-18)26(34)30-21-10-12-32(13-11-21)27-28-16-20(17-29-27)25(33)31-35/h3-9,14-17,21,35H,10-13H2,1-2H3,(H,30,34)(H,31,33)/b22-14+. The molecule has 1 fully saturated rings. The highest BCUT2D eigenvalue weighted by Crippen LogP contribution is 2.31. The number of aromatic nitrogens is 2. The third-order valence-electron chi connectivity index (χ3n) is 6.16. The van der Waals surface area contributed by atoms with E-state index in [-0.39, 0.29) is 17.5 Å². The number of hydrogen-bond acceptors (Lipinski definition) is 8. The van der Waals surface area contributed by atoms with Crippen LogP contribution in [0.3, 0.4) is 0 Å². The number of nitrogens with zero attached hydrogens (tertiary/aromatic N) is 3. The van der Waals surface area contributed by atoms with E-state index >= 15 is 0 Å². The number of anilines is 1. The van der Waals surface area contributed by atoms with Crippen LogP contribution in [0.4, 0.5) is 5.95 Å². The minimum Gasteiger partial charge on any atom is -0.493 e. The Labute approximate surface area is 214 Å². The second-order valence-electron chi connectivity index (χ2n) is 8.49. The first kappa shape index (κ1) is 25.6. The molecule has 2 heterocycles. The number of piperidine rings is 1. The van der Waals surface area contributed by atoms with Gasteiger partial charge in [0.25, 0.3) is 11.8 Å². The SMILES string of the molecule is COc1ccc(/C(=C\c2ccccc2)C(=O)NC2CCN(c3ncc(C(=O)NO)cn3)CC2)cc1OC. The summed E-state index contributed by atoms with van der Waals surface area (Å²) in [6.45, 7) is 1.29. The molecule has 0 spiro atoms. The van der Waals surface area contributed by atoms with Crippen molar-refractivity contribution in [1.82, 2.24) is 20.8 Å². The van der Waals surface area contributed by atoms with Crippen LogP contribution in [-0.2, 0) is 4.79 Å². The second-order valence-corrected chi connectivity index (χ2v) is 8.49. The molecule has 0 unspecified atom stereocenters. The summed E-state index contributed by atoms with van der Waals surface area (Å²) in [6, 6.07) is 15.1. The molecule has 4 rings (SSSR count). The Morgan fingerprint density at radius 3 is 2.27 bits per heavy atom. The third kappa shape index (κ3) is 6.22. The van der Waals surface area contributed by atoms with Crippen molar-refractivity contribution < 1.29 is 24.3 Å². The van der Waals surface area contributed by atoms with Crippen molar-refractivity contribution in [3.8, 4) is 11.5 Å². The van der Waals surface area contributed by atoms with Gasteiger partial charge in [-0.05, 0) is 42.2 Å². The molecule has 3 N–H and O–H groups in total. The van der Waals surface area contributed by atoms with Crippen molar-refractivity contribution in [3.63, 3.8) is 0 Å². The Kier molecular flexibility index (Phi) is 8.32. The predicted octanol–water partition coefficient (Wildman–Crippen LogP) is 2.94. The van der Waals surface area contributed by atoms with Crippen LogP contribution in [0.15, 0.2) is 60.9 Å². The smallest absolute Gasteiger partial charge is 0.277 e. The first-order chi connectivity index (χ1) is 18.0. The number of hydrogen-bond donors (Lipinski definition) is 3. The summed E-state index contributed by atoms with van der Waals surface area (Å²) in [5, 5.41) is 11.9. The second kappa shape index (κ2) is 12.0. The van der Waals surface area contributed by atoms with Gasteiger partial charge in [0.05, 0.1) is 19.8 Å². The summed E-state index contributed by atoms with van der Waals surface area (Å²) in [4.78, 5) is 35.4. The van der Waals surface area contributed by atoms with Gasteiger partial charge >= 0.3 is 0 Å². The Morgan fingerprint density at radius 2 is 1.65 bits per heavy atom. The highest BCUT2D eigenvalue weighted by molar-refractivity contribution is 6.24. The third-order valence-corrected chi connectivity index (χ3v) is 6.16. The maximum Gasteiger partial charge on any atom is 0.277 e. The molecule has 0 aliphatic carbocycles. The largest absolute Gasteiger partial charge is 0.493 e. The summed E-state index contributed by atoms with van der Waals surface area (Å²) in [7, 11) is 3.14. The molecule has 0 radical (unpaired) electrons. The quantitative estimate of drug-likeness (QED) is 0.185. The van der Waals surface area contributed by atoms with Gasteiger partial charge in [0.15, 0.2) is 11.5 Å². The number of methoxy groups -OCH3 is 2. The summed E-state index contributed by atoms with van der Waals surface area (Å²) in [6.07, 6.45) is 6.01. The highest BCUT2D eigenvalue weighted by Gasteiger charge is 2.24. The fourth-order valence-corrected chi connectivity index (χ4v) is 4.15. The van der Waals surface area contributed by atoms with Crippen molar-refractivity contribution in [2.45, 2.75) is 18.9 Å². The van der Waals surface area contributed by atoms with Crippen molar-refractivity contribution in [1.29, 1.82) is 0 Å². The Hall–Kier alpha value is -4.44. The number of carbonyl (C=O) groups excluding carboxylic acids is 2. The average molecular weight is 504 g/mol. The summed E-state index contributed by atoms with van der Waals surface area (Å²) < 4.78 is 10.8. The normalized spacial score (nSPS) is 14.1. The van der Waals surface area contributed by atoms with E-state index in [1.54, 1.807) is 31.8 Å². The van der Waals surface area contributed by atoms with Crippen LogP contribution >= 0.6 is 0 Å². The molecule has 2 amide bonds. The molecule has 192 valence electrons. The van der Waals surface area contributed by atoms with Gasteiger partial charge in [-0.2, -0.15) is 0 Å². The minimum atomic E-state index is -0.665. The first-order valence-corrected chi connectivity index (χ1v) is 11.8. The van der Waals surface area contributed by atoms with E-state index in [0.29, 0.717) is 49.0 Å². The Balaban J connectivity index is 1.47. The molecule has 1 aliphatic rings. The molecule has 2 aromatic carbocycles. The number of carbonyl (C=O) groups is 2. The fraction of sp³-hybridized carbons (Fsp3) is 0.259. The van der Waals surface area contributed by atoms with Gasteiger partial charge in [-0.3, -0.25) is 14.8 Å². The number of hydroxylamine groups is 1. The summed E-state index contributed by atoms with van der Waals surface area (Å²) in [5.74, 6) is 0.786. The molecule has 37 heavy (non-hydrogen) atoms. The number of rotatable bonds is 8. The minimum absolute atomic E-state index is 0.0255. The van der Waals surface area contributed by atoms with Gasteiger partial charge in [-0.25, -0.2) is 15.4 Å². The zero-order chi connectivity index (χ0) is 26.2. The molecule has 0 atom stereocenters. The van der Waals surface area contributed by atoms with Gasteiger partial charge in [0.1, 0.15) is 0 Å². The monoisotopic (exact) mass is 503 g/mol. The van der Waals surface area contributed by atoms with E-state index in [4.69, 9.17) is 14.7 Å². The lowest BCUT2D eigenvalue weighted by atomic mass is 9.99. The predicted molar refractivity (Wildman–Crippen MR) is 139 cm³/mol. The molecular weight excluding hydrogens is 474 g/mol. The lowest BCUT2D eigenvalue weighted by molar-refractivity contribution is -0.116. The number of nitrogens with one attached hydrogen (secondary N) is 2. The first-order valence-electron chi connectivity index (χ1n) is 11.8.